The molecule has 3 aromatic rings. The Bertz CT molecular complexity index is 1400. The van der Waals surface area contributed by atoms with Gasteiger partial charge in [0.25, 0.3) is 0 Å². The van der Waals surface area contributed by atoms with Crippen molar-refractivity contribution < 1.29 is 17.9 Å². The summed E-state index contributed by atoms with van der Waals surface area (Å²) in [6.07, 6.45) is 2.24. The highest BCUT2D eigenvalue weighted by molar-refractivity contribution is 8.13. The van der Waals surface area contributed by atoms with Gasteiger partial charge in [-0.15, -0.1) is 0 Å². The molecule has 0 radical (unpaired) electrons. The smallest absolute Gasteiger partial charge is 0.340 e. The summed E-state index contributed by atoms with van der Waals surface area (Å²) in [6, 6.07) is 12.9. The van der Waals surface area contributed by atoms with Crippen molar-refractivity contribution in [1.82, 2.24) is 14.6 Å². The fourth-order valence-corrected chi connectivity index (χ4v) is 5.83. The molecule has 0 saturated heterocycles. The summed E-state index contributed by atoms with van der Waals surface area (Å²) in [6.45, 7) is 3.11. The number of primary amides is 1. The highest BCUT2D eigenvalue weighted by Gasteiger charge is 2.24. The zero-order valence-electron chi connectivity index (χ0n) is 21.4. The van der Waals surface area contributed by atoms with Gasteiger partial charge in [0.15, 0.2) is 5.17 Å². The number of nitrogens with one attached hydrogen (secondary N) is 2. The molecule has 0 saturated carbocycles. The molecule has 0 bridgehead atoms. The number of rotatable bonds is 11. The Labute approximate surface area is 232 Å². The summed E-state index contributed by atoms with van der Waals surface area (Å²) < 4.78 is 33.7. The van der Waals surface area contributed by atoms with Gasteiger partial charge in [0, 0.05) is 48.0 Å². The highest BCUT2D eigenvalue weighted by Crippen LogP contribution is 2.26. The maximum Gasteiger partial charge on any atom is 0.340 e. The topological polar surface area (TPSA) is 139 Å². The first kappa shape index (κ1) is 29.5. The van der Waals surface area contributed by atoms with Gasteiger partial charge >= 0.3 is 6.03 Å². The minimum absolute atomic E-state index is 0.170. The number of halogens is 1. The number of carbonyl (C=O) groups excluding carboxylic acids is 1. The second-order valence-corrected chi connectivity index (χ2v) is 11.4. The van der Waals surface area contributed by atoms with Crippen LogP contribution in [0.2, 0.25) is 5.02 Å². The zero-order chi connectivity index (χ0) is 27.7. The predicted molar refractivity (Wildman–Crippen MR) is 155 cm³/mol. The molecular formula is C25H31ClN6O4S2. The standard InChI is InChI=1S/C25H31ClN6O4S2/c1-17-15-23(21-16-18(26)5-10-22(21)30-17)28-12-14-32(13-4-11-29-25(37-3)31-24(27)33)38(34,35)20-8-6-19(36-2)7-9-20/h5-10,15-16H,4,11-14H2,1-3H3,(H,28,30)(H3,27,29,31,33). The molecule has 1 aromatic heterocycles. The number of nitrogens with two attached hydrogens (primary N) is 1. The van der Waals surface area contributed by atoms with E-state index in [4.69, 9.17) is 22.1 Å². The number of aromatic nitrogens is 1. The van der Waals surface area contributed by atoms with Crippen molar-refractivity contribution in [2.75, 3.05) is 44.9 Å². The average Bonchev–Trinajstić information content (AvgIpc) is 2.89. The zero-order valence-corrected chi connectivity index (χ0v) is 23.8. The number of aryl methyl sites for hydroxylation is 1. The minimum atomic E-state index is -3.80. The third kappa shape index (κ3) is 7.97. The molecule has 0 fully saturated rings. The van der Waals surface area contributed by atoms with Crippen molar-refractivity contribution in [2.24, 2.45) is 10.7 Å². The summed E-state index contributed by atoms with van der Waals surface area (Å²) in [7, 11) is -2.27. The van der Waals surface area contributed by atoms with Crippen LogP contribution in [0.3, 0.4) is 0 Å². The summed E-state index contributed by atoms with van der Waals surface area (Å²) in [5, 5.41) is 8.19. The van der Waals surface area contributed by atoms with E-state index >= 15 is 0 Å². The van der Waals surface area contributed by atoms with Gasteiger partial charge in [-0.05, 0) is 68.1 Å². The van der Waals surface area contributed by atoms with Crippen LogP contribution in [0, 0.1) is 6.92 Å². The molecule has 0 aliphatic rings. The quantitative estimate of drug-likeness (QED) is 0.176. The van der Waals surface area contributed by atoms with E-state index < -0.39 is 16.1 Å². The maximum absolute atomic E-state index is 13.5. The Morgan fingerprint density at radius 3 is 2.55 bits per heavy atom. The van der Waals surface area contributed by atoms with Crippen molar-refractivity contribution in [3.63, 3.8) is 0 Å². The van der Waals surface area contributed by atoms with Crippen LogP contribution >= 0.6 is 23.4 Å². The van der Waals surface area contributed by atoms with Crippen molar-refractivity contribution in [3.8, 4) is 5.75 Å². The molecule has 13 heteroatoms. The Kier molecular flexibility index (Phi) is 10.6. The minimum Gasteiger partial charge on any atom is -0.497 e. The molecular weight excluding hydrogens is 548 g/mol. The van der Waals surface area contributed by atoms with Crippen LogP contribution in [-0.2, 0) is 10.0 Å². The third-order valence-electron chi connectivity index (χ3n) is 5.54. The van der Waals surface area contributed by atoms with E-state index in [1.165, 1.54) is 35.3 Å². The number of thioether (sulfide) groups is 1. The van der Waals surface area contributed by atoms with E-state index in [0.717, 1.165) is 22.3 Å². The maximum atomic E-state index is 13.5. The Morgan fingerprint density at radius 1 is 1.16 bits per heavy atom. The van der Waals surface area contributed by atoms with Crippen molar-refractivity contribution in [3.05, 3.63) is 59.2 Å². The van der Waals surface area contributed by atoms with Gasteiger partial charge in [0.2, 0.25) is 10.0 Å². The fourth-order valence-electron chi connectivity index (χ4n) is 3.75. The molecule has 204 valence electrons. The van der Waals surface area contributed by atoms with Crippen LogP contribution in [0.5, 0.6) is 5.75 Å². The molecule has 0 atom stereocenters. The number of urea groups is 1. The van der Waals surface area contributed by atoms with Crippen LogP contribution in [0.25, 0.3) is 10.9 Å². The molecule has 1 heterocycles. The van der Waals surface area contributed by atoms with Gasteiger partial charge < -0.3 is 21.1 Å². The first-order valence-corrected chi connectivity index (χ1v) is 14.8. The van der Waals surface area contributed by atoms with Crippen LogP contribution in [0.15, 0.2) is 58.4 Å². The Balaban J connectivity index is 1.76. The number of aliphatic imine (C=N–C) groups is 1. The lowest BCUT2D eigenvalue weighted by Crippen LogP contribution is -2.37. The van der Waals surface area contributed by atoms with E-state index in [1.807, 2.05) is 25.1 Å². The van der Waals surface area contributed by atoms with Crippen LogP contribution in [0.1, 0.15) is 12.1 Å². The number of carbonyl (C=O) groups is 1. The summed E-state index contributed by atoms with van der Waals surface area (Å²) >= 11 is 7.45. The number of hydrogen-bond acceptors (Lipinski definition) is 7. The molecule has 2 amide bonds. The summed E-state index contributed by atoms with van der Waals surface area (Å²) in [5.74, 6) is 0.568. The molecule has 3 rings (SSSR count). The van der Waals surface area contributed by atoms with Crippen LogP contribution < -0.4 is 21.1 Å². The van der Waals surface area contributed by atoms with Gasteiger partial charge in [-0.25, -0.2) is 13.2 Å². The second kappa shape index (κ2) is 13.7. The van der Waals surface area contributed by atoms with E-state index in [9.17, 15) is 13.2 Å². The summed E-state index contributed by atoms with van der Waals surface area (Å²) in [5.41, 5.74) is 7.58. The van der Waals surface area contributed by atoms with Crippen LogP contribution in [-0.4, -0.2) is 68.5 Å². The van der Waals surface area contributed by atoms with E-state index in [-0.39, 0.29) is 18.0 Å². The lowest BCUT2D eigenvalue weighted by molar-refractivity contribution is 0.256. The highest BCUT2D eigenvalue weighted by atomic mass is 35.5. The number of ether oxygens (including phenoxy) is 1. The number of nitrogens with zero attached hydrogens (tertiary/aromatic N) is 3. The lowest BCUT2D eigenvalue weighted by atomic mass is 10.1. The lowest BCUT2D eigenvalue weighted by Gasteiger charge is -2.23. The molecule has 4 N–H and O–H groups in total. The summed E-state index contributed by atoms with van der Waals surface area (Å²) in [4.78, 5) is 19.5. The van der Waals surface area contributed by atoms with Crippen molar-refractivity contribution in [2.45, 2.75) is 18.2 Å². The third-order valence-corrected chi connectivity index (χ3v) is 8.31. The number of anilines is 1. The van der Waals surface area contributed by atoms with E-state index in [0.29, 0.717) is 35.5 Å². The molecule has 0 aliphatic carbocycles. The molecule has 0 spiro atoms. The first-order chi connectivity index (χ1) is 18.1. The van der Waals surface area contributed by atoms with Gasteiger partial charge in [0.05, 0.1) is 17.5 Å². The normalized spacial score (nSPS) is 12.1. The molecule has 38 heavy (non-hydrogen) atoms. The molecule has 0 unspecified atom stereocenters. The van der Waals surface area contributed by atoms with Crippen molar-refractivity contribution >= 4 is 61.2 Å². The number of pyridine rings is 1. The van der Waals surface area contributed by atoms with Gasteiger partial charge in [-0.3, -0.25) is 4.98 Å². The number of sulfonamides is 1. The van der Waals surface area contributed by atoms with E-state index in [1.54, 1.807) is 24.5 Å². The molecule has 10 nitrogen and oxygen atoms in total. The van der Waals surface area contributed by atoms with E-state index in [2.05, 4.69) is 20.6 Å². The van der Waals surface area contributed by atoms with Gasteiger partial charge in [-0.2, -0.15) is 9.30 Å². The Morgan fingerprint density at radius 2 is 1.89 bits per heavy atom. The van der Waals surface area contributed by atoms with Gasteiger partial charge in [-0.1, -0.05) is 23.4 Å². The number of methoxy groups -OCH3 is 1. The SMILES string of the molecule is COc1ccc(S(=O)(=O)N(CCCN/C(=N/C(N)=O)SC)CCNc2cc(C)nc3ccc(Cl)cc23)cc1. The predicted octanol–water partition coefficient (Wildman–Crippen LogP) is 4.09. The van der Waals surface area contributed by atoms with Crippen molar-refractivity contribution in [1.29, 1.82) is 0 Å². The van der Waals surface area contributed by atoms with Gasteiger partial charge in [0.1, 0.15) is 5.75 Å². The molecule has 0 aliphatic heterocycles. The number of amides is 2. The monoisotopic (exact) mass is 578 g/mol. The number of amidine groups is 1. The Hall–Kier alpha value is -3.06. The number of hydrogen-bond donors (Lipinski definition) is 3. The number of fused-ring (bicyclic) bond motifs is 1. The average molecular weight is 579 g/mol. The first-order valence-electron chi connectivity index (χ1n) is 11.7. The second-order valence-electron chi connectivity index (χ2n) is 8.22. The fraction of sp³-hybridized carbons (Fsp3) is 0.320. The number of benzene rings is 2. The molecule has 2 aromatic carbocycles. The van der Waals surface area contributed by atoms with Crippen LogP contribution in [0.4, 0.5) is 10.5 Å². The largest absolute Gasteiger partial charge is 0.497 e.